The van der Waals surface area contributed by atoms with Crippen LogP contribution in [-0.2, 0) is 6.42 Å². The van der Waals surface area contributed by atoms with Gasteiger partial charge in [0.2, 0.25) is 0 Å². The van der Waals surface area contributed by atoms with Gasteiger partial charge in [0.15, 0.2) is 0 Å². The Labute approximate surface area is 117 Å². The van der Waals surface area contributed by atoms with Crippen LogP contribution in [0.4, 0.5) is 0 Å². The molecule has 0 amide bonds. The zero-order chi connectivity index (χ0) is 11.5. The molecule has 0 atom stereocenters. The van der Waals surface area contributed by atoms with Gasteiger partial charge in [0.05, 0.1) is 22.6 Å². The second kappa shape index (κ2) is 5.33. The molecule has 2 aromatic rings. The fraction of sp³-hybridized carbons (Fsp3) is 0.200. The largest absolute Gasteiger partial charge is 0.219 e. The van der Waals surface area contributed by atoms with E-state index < -0.39 is 0 Å². The summed E-state index contributed by atoms with van der Waals surface area (Å²) in [5, 5.41) is 8.69. The Morgan fingerprint density at radius 1 is 1.38 bits per heavy atom. The molecule has 0 saturated carbocycles. The molecule has 0 aliphatic rings. The van der Waals surface area contributed by atoms with Gasteiger partial charge >= 0.3 is 0 Å². The van der Waals surface area contributed by atoms with E-state index in [-0.39, 0.29) is 0 Å². The highest BCUT2D eigenvalue weighted by molar-refractivity contribution is 14.1. The fourth-order valence-corrected chi connectivity index (χ4v) is 2.43. The summed E-state index contributed by atoms with van der Waals surface area (Å²) in [6, 6.07) is 5.79. The predicted octanol–water partition coefficient (Wildman–Crippen LogP) is 3.31. The monoisotopic (exact) mass is 367 g/mol. The third-order valence-corrected chi connectivity index (χ3v) is 3.21. The molecule has 0 aliphatic heterocycles. The van der Waals surface area contributed by atoms with Crippen LogP contribution < -0.4 is 0 Å². The number of hydrogen-bond acceptors (Lipinski definition) is 2. The minimum Gasteiger partial charge on any atom is -0.219 e. The summed E-state index contributed by atoms with van der Waals surface area (Å²) in [5.74, 6) is 0.541. The minimum absolute atomic E-state index is 0.541. The SMILES string of the molecule is ClCCc1cn(-c2ccc(I)cc2Cl)nn1. The molecule has 2 rings (SSSR count). The maximum Gasteiger partial charge on any atom is 0.0850 e. The maximum atomic E-state index is 6.13. The van der Waals surface area contributed by atoms with Crippen molar-refractivity contribution >= 4 is 45.8 Å². The quantitative estimate of drug-likeness (QED) is 0.615. The van der Waals surface area contributed by atoms with Crippen LogP contribution in [0.5, 0.6) is 0 Å². The Morgan fingerprint density at radius 2 is 2.19 bits per heavy atom. The summed E-state index contributed by atoms with van der Waals surface area (Å²) >= 11 is 14.0. The molecule has 0 bridgehead atoms. The lowest BCUT2D eigenvalue weighted by Gasteiger charge is -2.02. The van der Waals surface area contributed by atoms with Crippen LogP contribution in [-0.4, -0.2) is 20.9 Å². The van der Waals surface area contributed by atoms with E-state index in [2.05, 4.69) is 32.9 Å². The first kappa shape index (κ1) is 12.1. The third-order valence-electron chi connectivity index (χ3n) is 2.05. The Kier molecular flexibility index (Phi) is 4.05. The van der Waals surface area contributed by atoms with Gasteiger partial charge in [-0.3, -0.25) is 0 Å². The van der Waals surface area contributed by atoms with Crippen molar-refractivity contribution in [3.8, 4) is 5.69 Å². The van der Waals surface area contributed by atoms with E-state index in [0.717, 1.165) is 15.0 Å². The molecule has 0 unspecified atom stereocenters. The van der Waals surface area contributed by atoms with Crippen LogP contribution in [0.3, 0.4) is 0 Å². The van der Waals surface area contributed by atoms with E-state index in [1.54, 1.807) is 4.68 Å². The molecule has 1 aromatic heterocycles. The topological polar surface area (TPSA) is 30.7 Å². The summed E-state index contributed by atoms with van der Waals surface area (Å²) in [6.07, 6.45) is 2.56. The van der Waals surface area contributed by atoms with Crippen LogP contribution >= 0.6 is 45.8 Å². The minimum atomic E-state index is 0.541. The first-order chi connectivity index (χ1) is 7.70. The summed E-state index contributed by atoms with van der Waals surface area (Å²) in [5.41, 5.74) is 1.69. The van der Waals surface area contributed by atoms with Crippen molar-refractivity contribution in [2.24, 2.45) is 0 Å². The Bertz CT molecular complexity index is 499. The smallest absolute Gasteiger partial charge is 0.0850 e. The van der Waals surface area contributed by atoms with E-state index in [0.29, 0.717) is 17.3 Å². The first-order valence-corrected chi connectivity index (χ1v) is 6.62. The molecule has 0 radical (unpaired) electrons. The number of hydrogen-bond donors (Lipinski definition) is 0. The molecule has 0 aliphatic carbocycles. The third kappa shape index (κ3) is 2.67. The standard InChI is InChI=1S/C10H8Cl2IN3/c11-4-3-8-6-16(15-14-8)10-2-1-7(13)5-9(10)12/h1-2,5-6H,3-4H2. The van der Waals surface area contributed by atoms with Gasteiger partial charge in [-0.25, -0.2) is 4.68 Å². The molecule has 1 aromatic carbocycles. The average Bonchev–Trinajstić information content (AvgIpc) is 2.67. The van der Waals surface area contributed by atoms with Crippen molar-refractivity contribution in [2.75, 3.05) is 5.88 Å². The van der Waals surface area contributed by atoms with Gasteiger partial charge in [-0.1, -0.05) is 16.8 Å². The van der Waals surface area contributed by atoms with Crippen molar-refractivity contribution in [3.05, 3.63) is 38.7 Å². The molecule has 84 valence electrons. The highest BCUT2D eigenvalue weighted by Gasteiger charge is 2.06. The first-order valence-electron chi connectivity index (χ1n) is 4.63. The summed E-state index contributed by atoms with van der Waals surface area (Å²) in [6.45, 7) is 0. The van der Waals surface area contributed by atoms with E-state index >= 15 is 0 Å². The van der Waals surface area contributed by atoms with E-state index in [1.165, 1.54) is 0 Å². The van der Waals surface area contributed by atoms with Crippen molar-refractivity contribution in [1.82, 2.24) is 15.0 Å². The second-order valence-electron chi connectivity index (χ2n) is 3.19. The fourth-order valence-electron chi connectivity index (χ4n) is 1.29. The van der Waals surface area contributed by atoms with E-state index in [1.807, 2.05) is 24.4 Å². The van der Waals surface area contributed by atoms with E-state index in [4.69, 9.17) is 23.2 Å². The average molecular weight is 368 g/mol. The van der Waals surface area contributed by atoms with Gasteiger partial charge in [0.1, 0.15) is 0 Å². The van der Waals surface area contributed by atoms with Crippen LogP contribution in [0.25, 0.3) is 5.69 Å². The van der Waals surface area contributed by atoms with Crippen LogP contribution in [0.1, 0.15) is 5.69 Å². The molecule has 0 saturated heterocycles. The molecule has 1 heterocycles. The van der Waals surface area contributed by atoms with Gasteiger partial charge in [-0.05, 0) is 40.8 Å². The number of aryl methyl sites for hydroxylation is 1. The van der Waals surface area contributed by atoms with Crippen molar-refractivity contribution in [2.45, 2.75) is 6.42 Å². The van der Waals surface area contributed by atoms with Crippen LogP contribution in [0, 0.1) is 3.57 Å². The zero-order valence-corrected chi connectivity index (χ0v) is 11.9. The summed E-state index contributed by atoms with van der Waals surface area (Å²) < 4.78 is 2.76. The zero-order valence-electron chi connectivity index (χ0n) is 8.20. The number of benzene rings is 1. The highest BCUT2D eigenvalue weighted by atomic mass is 127. The number of halogens is 3. The van der Waals surface area contributed by atoms with Crippen molar-refractivity contribution in [3.63, 3.8) is 0 Å². The molecule has 16 heavy (non-hydrogen) atoms. The second-order valence-corrected chi connectivity index (χ2v) is 5.22. The predicted molar refractivity (Wildman–Crippen MR) is 73.5 cm³/mol. The maximum absolute atomic E-state index is 6.13. The van der Waals surface area contributed by atoms with Gasteiger partial charge in [0, 0.05) is 15.9 Å². The van der Waals surface area contributed by atoms with Crippen molar-refractivity contribution in [1.29, 1.82) is 0 Å². The summed E-state index contributed by atoms with van der Waals surface area (Å²) in [7, 11) is 0. The molecule has 6 heteroatoms. The van der Waals surface area contributed by atoms with E-state index in [9.17, 15) is 0 Å². The van der Waals surface area contributed by atoms with Crippen LogP contribution in [0.15, 0.2) is 24.4 Å². The molecule has 0 spiro atoms. The van der Waals surface area contributed by atoms with Gasteiger partial charge in [-0.15, -0.1) is 16.7 Å². The Morgan fingerprint density at radius 3 is 2.88 bits per heavy atom. The summed E-state index contributed by atoms with van der Waals surface area (Å²) in [4.78, 5) is 0. The molecule has 3 nitrogen and oxygen atoms in total. The van der Waals surface area contributed by atoms with Gasteiger partial charge in [-0.2, -0.15) is 0 Å². The lowest BCUT2D eigenvalue weighted by Crippen LogP contribution is -1.96. The number of aromatic nitrogens is 3. The van der Waals surface area contributed by atoms with Crippen molar-refractivity contribution < 1.29 is 0 Å². The Balaban J connectivity index is 2.35. The normalized spacial score (nSPS) is 10.7. The molecular formula is C10H8Cl2IN3. The lowest BCUT2D eigenvalue weighted by atomic mass is 10.3. The number of nitrogens with zero attached hydrogens (tertiary/aromatic N) is 3. The van der Waals surface area contributed by atoms with Crippen LogP contribution in [0.2, 0.25) is 5.02 Å². The lowest BCUT2D eigenvalue weighted by molar-refractivity contribution is 0.798. The molecule has 0 N–H and O–H groups in total. The number of alkyl halides is 1. The Hall–Kier alpha value is -0.330. The molecular weight excluding hydrogens is 360 g/mol. The highest BCUT2D eigenvalue weighted by Crippen LogP contribution is 2.22. The van der Waals surface area contributed by atoms with Gasteiger partial charge < -0.3 is 0 Å². The van der Waals surface area contributed by atoms with Gasteiger partial charge in [0.25, 0.3) is 0 Å². The number of rotatable bonds is 3. The molecule has 0 fully saturated rings.